The van der Waals surface area contributed by atoms with Crippen molar-refractivity contribution >= 4 is 6.29 Å². The van der Waals surface area contributed by atoms with Crippen molar-refractivity contribution in [2.45, 2.75) is 13.0 Å². The van der Waals surface area contributed by atoms with Crippen LogP contribution in [0.3, 0.4) is 0 Å². The van der Waals surface area contributed by atoms with Crippen LogP contribution in [-0.2, 0) is 13.0 Å². The van der Waals surface area contributed by atoms with E-state index in [2.05, 4.69) is 41.7 Å². The Bertz CT molecular complexity index is 781. The van der Waals surface area contributed by atoms with Crippen LogP contribution in [0.1, 0.15) is 21.5 Å². The van der Waals surface area contributed by atoms with Gasteiger partial charge in [-0.2, -0.15) is 0 Å². The predicted octanol–water partition coefficient (Wildman–Crippen LogP) is 4.62. The second-order valence-corrected chi connectivity index (χ2v) is 5.85. The lowest BCUT2D eigenvalue weighted by Crippen LogP contribution is -2.16. The van der Waals surface area contributed by atoms with Crippen LogP contribution in [0, 0.1) is 0 Å². The van der Waals surface area contributed by atoms with E-state index < -0.39 is 0 Å². The van der Waals surface area contributed by atoms with Crippen molar-refractivity contribution in [1.82, 2.24) is 5.32 Å². The van der Waals surface area contributed by atoms with E-state index in [-0.39, 0.29) is 0 Å². The smallest absolute Gasteiger partial charge is 0.150 e. The maximum Gasteiger partial charge on any atom is 0.150 e. The second kappa shape index (κ2) is 8.81. The fourth-order valence-corrected chi connectivity index (χ4v) is 2.54. The molecule has 0 unspecified atom stereocenters. The fourth-order valence-electron chi connectivity index (χ4n) is 2.54. The first kappa shape index (κ1) is 16.9. The summed E-state index contributed by atoms with van der Waals surface area (Å²) in [5, 5.41) is 3.46. The van der Waals surface area contributed by atoms with Crippen LogP contribution >= 0.6 is 0 Å². The number of aldehydes is 1. The first-order chi connectivity index (χ1) is 12.3. The highest BCUT2D eigenvalue weighted by molar-refractivity contribution is 5.74. The highest BCUT2D eigenvalue weighted by Crippen LogP contribution is 2.21. The molecule has 3 aromatic carbocycles. The molecule has 0 aliphatic heterocycles. The van der Waals surface area contributed by atoms with Gasteiger partial charge in [0.2, 0.25) is 0 Å². The Balaban J connectivity index is 1.45. The topological polar surface area (TPSA) is 38.3 Å². The van der Waals surface area contributed by atoms with Crippen LogP contribution in [-0.4, -0.2) is 12.8 Å². The van der Waals surface area contributed by atoms with E-state index in [1.807, 2.05) is 18.2 Å². The lowest BCUT2D eigenvalue weighted by atomic mass is 10.1. The highest BCUT2D eigenvalue weighted by Gasteiger charge is 1.99. The maximum absolute atomic E-state index is 10.7. The average Bonchev–Trinajstić information content (AvgIpc) is 2.68. The van der Waals surface area contributed by atoms with Crippen LogP contribution in [0.5, 0.6) is 11.5 Å². The molecular formula is C22H21NO2. The van der Waals surface area contributed by atoms with Gasteiger partial charge in [-0.1, -0.05) is 42.5 Å². The molecule has 126 valence electrons. The number of hydrogen-bond donors (Lipinski definition) is 1. The molecule has 0 atom stereocenters. The second-order valence-electron chi connectivity index (χ2n) is 5.85. The zero-order valence-electron chi connectivity index (χ0n) is 14.0. The van der Waals surface area contributed by atoms with Crippen molar-refractivity contribution < 1.29 is 9.53 Å². The van der Waals surface area contributed by atoms with E-state index >= 15 is 0 Å². The molecule has 0 saturated heterocycles. The van der Waals surface area contributed by atoms with Gasteiger partial charge in [0.25, 0.3) is 0 Å². The van der Waals surface area contributed by atoms with E-state index in [9.17, 15) is 4.79 Å². The standard InChI is InChI=1S/C22H21NO2/c24-17-20-8-12-22(13-9-20)25-21-10-6-19(7-11-21)16-23-15-14-18-4-2-1-3-5-18/h1-13,17,23H,14-16H2. The molecular weight excluding hydrogens is 310 g/mol. The summed E-state index contributed by atoms with van der Waals surface area (Å²) in [6.07, 6.45) is 1.85. The Morgan fingerprint density at radius 2 is 1.40 bits per heavy atom. The van der Waals surface area contributed by atoms with Crippen molar-refractivity contribution in [3.8, 4) is 11.5 Å². The molecule has 3 aromatic rings. The third kappa shape index (κ3) is 5.30. The van der Waals surface area contributed by atoms with Crippen LogP contribution in [0.4, 0.5) is 0 Å². The maximum atomic E-state index is 10.7. The number of carbonyl (C=O) groups is 1. The quantitative estimate of drug-likeness (QED) is 0.483. The van der Waals surface area contributed by atoms with Gasteiger partial charge in [-0.15, -0.1) is 0 Å². The summed E-state index contributed by atoms with van der Waals surface area (Å²) in [7, 11) is 0. The predicted molar refractivity (Wildman–Crippen MR) is 100 cm³/mol. The van der Waals surface area contributed by atoms with Crippen LogP contribution in [0.25, 0.3) is 0 Å². The van der Waals surface area contributed by atoms with E-state index in [4.69, 9.17) is 4.74 Å². The van der Waals surface area contributed by atoms with Gasteiger partial charge in [0.1, 0.15) is 17.8 Å². The molecule has 0 spiro atoms. The van der Waals surface area contributed by atoms with Crippen molar-refractivity contribution in [1.29, 1.82) is 0 Å². The molecule has 3 rings (SSSR count). The van der Waals surface area contributed by atoms with Gasteiger partial charge < -0.3 is 10.1 Å². The molecule has 0 amide bonds. The summed E-state index contributed by atoms with van der Waals surface area (Å²) < 4.78 is 5.78. The van der Waals surface area contributed by atoms with Gasteiger partial charge in [0, 0.05) is 12.1 Å². The molecule has 0 fully saturated rings. The van der Waals surface area contributed by atoms with Crippen molar-refractivity contribution in [3.05, 3.63) is 95.6 Å². The van der Waals surface area contributed by atoms with E-state index in [0.29, 0.717) is 5.56 Å². The molecule has 3 heteroatoms. The van der Waals surface area contributed by atoms with Crippen LogP contribution < -0.4 is 10.1 Å². The van der Waals surface area contributed by atoms with Gasteiger partial charge in [0.15, 0.2) is 0 Å². The molecule has 0 aromatic heterocycles. The zero-order chi connectivity index (χ0) is 17.3. The Labute approximate surface area is 148 Å². The Morgan fingerprint density at radius 1 is 0.760 bits per heavy atom. The normalized spacial score (nSPS) is 10.4. The van der Waals surface area contributed by atoms with Crippen LogP contribution in [0.2, 0.25) is 0 Å². The van der Waals surface area contributed by atoms with Gasteiger partial charge in [-0.3, -0.25) is 4.79 Å². The molecule has 0 saturated carbocycles. The summed E-state index contributed by atoms with van der Waals surface area (Å²) in [5.41, 5.74) is 3.21. The third-order valence-electron chi connectivity index (χ3n) is 3.94. The van der Waals surface area contributed by atoms with Crippen molar-refractivity contribution in [2.75, 3.05) is 6.54 Å². The molecule has 25 heavy (non-hydrogen) atoms. The molecule has 1 N–H and O–H groups in total. The highest BCUT2D eigenvalue weighted by atomic mass is 16.5. The number of hydrogen-bond acceptors (Lipinski definition) is 3. The van der Waals surface area contributed by atoms with Crippen LogP contribution in [0.15, 0.2) is 78.9 Å². The Hall–Kier alpha value is -2.91. The summed E-state index contributed by atoms with van der Waals surface area (Å²) >= 11 is 0. The Kier molecular flexibility index (Phi) is 5.96. The van der Waals surface area contributed by atoms with Crippen molar-refractivity contribution in [2.24, 2.45) is 0 Å². The zero-order valence-corrected chi connectivity index (χ0v) is 14.0. The first-order valence-corrected chi connectivity index (χ1v) is 8.40. The number of nitrogens with one attached hydrogen (secondary N) is 1. The first-order valence-electron chi connectivity index (χ1n) is 8.40. The molecule has 0 radical (unpaired) electrons. The van der Waals surface area contributed by atoms with E-state index in [1.54, 1.807) is 24.3 Å². The monoisotopic (exact) mass is 331 g/mol. The third-order valence-corrected chi connectivity index (χ3v) is 3.94. The van der Waals surface area contributed by atoms with Gasteiger partial charge >= 0.3 is 0 Å². The minimum atomic E-state index is 0.643. The summed E-state index contributed by atoms with van der Waals surface area (Å²) in [6, 6.07) is 25.6. The molecule has 3 nitrogen and oxygen atoms in total. The van der Waals surface area contributed by atoms with Gasteiger partial charge in [-0.25, -0.2) is 0 Å². The number of benzene rings is 3. The lowest BCUT2D eigenvalue weighted by Gasteiger charge is -2.08. The average molecular weight is 331 g/mol. The number of rotatable bonds is 8. The van der Waals surface area contributed by atoms with Gasteiger partial charge in [-0.05, 0) is 60.5 Å². The summed E-state index contributed by atoms with van der Waals surface area (Å²) in [4.78, 5) is 10.7. The van der Waals surface area contributed by atoms with E-state index in [1.165, 1.54) is 11.1 Å². The van der Waals surface area contributed by atoms with Crippen molar-refractivity contribution in [3.63, 3.8) is 0 Å². The summed E-state index contributed by atoms with van der Waals surface area (Å²) in [6.45, 7) is 1.78. The Morgan fingerprint density at radius 3 is 2.04 bits per heavy atom. The van der Waals surface area contributed by atoms with E-state index in [0.717, 1.165) is 37.3 Å². The molecule has 0 heterocycles. The SMILES string of the molecule is O=Cc1ccc(Oc2ccc(CNCCc3ccccc3)cc2)cc1. The number of carbonyl (C=O) groups excluding carboxylic acids is 1. The fraction of sp³-hybridized carbons (Fsp3) is 0.136. The number of ether oxygens (including phenoxy) is 1. The molecule has 0 bridgehead atoms. The lowest BCUT2D eigenvalue weighted by molar-refractivity contribution is 0.112. The molecule has 0 aliphatic rings. The summed E-state index contributed by atoms with van der Waals surface area (Å²) in [5.74, 6) is 1.51. The minimum Gasteiger partial charge on any atom is -0.457 e. The molecule has 0 aliphatic carbocycles. The minimum absolute atomic E-state index is 0.643. The van der Waals surface area contributed by atoms with Gasteiger partial charge in [0.05, 0.1) is 0 Å². The largest absolute Gasteiger partial charge is 0.457 e.